The summed E-state index contributed by atoms with van der Waals surface area (Å²) in [4.78, 5) is 0. The first-order chi connectivity index (χ1) is 11.7. The average Bonchev–Trinajstić information content (AvgIpc) is 2.55. The van der Waals surface area contributed by atoms with Crippen LogP contribution < -0.4 is 5.32 Å². The summed E-state index contributed by atoms with van der Waals surface area (Å²) >= 11 is 0. The lowest BCUT2D eigenvalue weighted by molar-refractivity contribution is 0.534. The van der Waals surface area contributed by atoms with Crippen molar-refractivity contribution in [3.05, 3.63) is 71.8 Å². The van der Waals surface area contributed by atoms with Crippen molar-refractivity contribution in [3.8, 4) is 0 Å². The first-order valence-electron chi connectivity index (χ1n) is 7.98. The van der Waals surface area contributed by atoms with Crippen LogP contribution >= 0.6 is 0 Å². The molecule has 2 unspecified atom stereocenters. The summed E-state index contributed by atoms with van der Waals surface area (Å²) in [6, 6.07) is 17.7. The van der Waals surface area contributed by atoms with Crippen molar-refractivity contribution in [1.29, 1.82) is 0 Å². The molecule has 25 heavy (non-hydrogen) atoms. The molecule has 0 aliphatic heterocycles. The van der Waals surface area contributed by atoms with E-state index in [2.05, 4.69) is 5.32 Å². The highest BCUT2D eigenvalue weighted by atomic mass is 32.2. The molecule has 7 heteroatoms. The predicted molar refractivity (Wildman–Crippen MR) is 100 cm³/mol. The van der Waals surface area contributed by atoms with Crippen molar-refractivity contribution in [3.63, 3.8) is 0 Å². The van der Waals surface area contributed by atoms with Gasteiger partial charge in [0, 0.05) is 0 Å². The fraction of sp³-hybridized carbons (Fsp3) is 0.333. The molecule has 0 radical (unpaired) electrons. The topological polar surface area (TPSA) is 80.3 Å². The molecule has 2 rings (SSSR count). The van der Waals surface area contributed by atoms with Crippen molar-refractivity contribution < 1.29 is 16.8 Å². The van der Waals surface area contributed by atoms with Gasteiger partial charge in [0.05, 0.1) is 11.5 Å². The molecule has 0 aliphatic carbocycles. The fourth-order valence-corrected chi connectivity index (χ4v) is 5.12. The number of nitrogens with one attached hydrogen (secondary N) is 1. The van der Waals surface area contributed by atoms with E-state index < -0.39 is 30.4 Å². The molecule has 0 heterocycles. The van der Waals surface area contributed by atoms with Crippen molar-refractivity contribution in [2.75, 3.05) is 0 Å². The molecule has 2 aromatic carbocycles. The van der Waals surface area contributed by atoms with Crippen LogP contribution in [0.15, 0.2) is 60.7 Å². The zero-order valence-electron chi connectivity index (χ0n) is 14.3. The maximum atomic E-state index is 12.5. The van der Waals surface area contributed by atoms with Gasteiger partial charge in [-0.1, -0.05) is 60.7 Å². The van der Waals surface area contributed by atoms with Crippen LogP contribution in [0.2, 0.25) is 0 Å². The zero-order chi connectivity index (χ0) is 18.5. The minimum Gasteiger partial charge on any atom is -0.286 e. The highest BCUT2D eigenvalue weighted by Crippen LogP contribution is 2.14. The molecule has 2 aromatic rings. The zero-order valence-corrected chi connectivity index (χ0v) is 15.9. The first-order valence-corrected chi connectivity index (χ1v) is 11.4. The third-order valence-electron chi connectivity index (χ3n) is 3.97. The van der Waals surface area contributed by atoms with Gasteiger partial charge in [0.2, 0.25) is 0 Å². The highest BCUT2D eigenvalue weighted by molar-refractivity contribution is 7.92. The predicted octanol–water partition coefficient (Wildman–Crippen LogP) is 2.50. The molecule has 0 saturated carbocycles. The maximum absolute atomic E-state index is 12.5. The third-order valence-corrected chi connectivity index (χ3v) is 7.87. The second-order valence-electron chi connectivity index (χ2n) is 6.04. The van der Waals surface area contributed by atoms with Crippen LogP contribution in [-0.2, 0) is 31.2 Å². The molecule has 1 N–H and O–H groups in total. The number of hydrogen-bond donors (Lipinski definition) is 1. The van der Waals surface area contributed by atoms with Gasteiger partial charge in [0.1, 0.15) is 10.7 Å². The Morgan fingerprint density at radius 1 is 0.680 bits per heavy atom. The van der Waals surface area contributed by atoms with Gasteiger partial charge in [-0.15, -0.1) is 0 Å². The Kier molecular flexibility index (Phi) is 6.37. The molecule has 0 aliphatic rings. The molecule has 5 nitrogen and oxygen atoms in total. The van der Waals surface area contributed by atoms with Crippen LogP contribution in [0, 0.1) is 0 Å². The Morgan fingerprint density at radius 3 is 1.32 bits per heavy atom. The van der Waals surface area contributed by atoms with Crippen molar-refractivity contribution in [2.45, 2.75) is 36.1 Å². The lowest BCUT2D eigenvalue weighted by Gasteiger charge is -2.20. The first kappa shape index (κ1) is 19.6. The van der Waals surface area contributed by atoms with Gasteiger partial charge in [-0.3, -0.25) is 5.32 Å². The highest BCUT2D eigenvalue weighted by Gasteiger charge is 2.28. The quantitative estimate of drug-likeness (QED) is 0.760. The van der Waals surface area contributed by atoms with Crippen molar-refractivity contribution >= 4 is 19.7 Å². The van der Waals surface area contributed by atoms with E-state index in [9.17, 15) is 16.8 Å². The van der Waals surface area contributed by atoms with Gasteiger partial charge in [-0.2, -0.15) is 0 Å². The van der Waals surface area contributed by atoms with Crippen LogP contribution in [0.3, 0.4) is 0 Å². The fourth-order valence-electron chi connectivity index (χ4n) is 2.40. The Bertz CT molecular complexity index is 804. The molecule has 0 bridgehead atoms. The summed E-state index contributed by atoms with van der Waals surface area (Å²) in [5.41, 5.74) is 1.35. The van der Waals surface area contributed by atoms with Crippen LogP contribution in [0.5, 0.6) is 0 Å². The summed E-state index contributed by atoms with van der Waals surface area (Å²) in [5.74, 6) is -0.263. The molecule has 0 fully saturated rings. The molecule has 136 valence electrons. The molecule has 0 spiro atoms. The number of rotatable bonds is 8. The van der Waals surface area contributed by atoms with E-state index in [1.165, 1.54) is 13.8 Å². The molecule has 0 aromatic heterocycles. The maximum Gasteiger partial charge on any atom is 0.170 e. The van der Waals surface area contributed by atoms with Crippen LogP contribution in [0.1, 0.15) is 25.0 Å². The Balaban J connectivity index is 2.04. The van der Waals surface area contributed by atoms with E-state index in [1.807, 2.05) is 12.1 Å². The summed E-state index contributed by atoms with van der Waals surface area (Å²) < 4.78 is 49.9. The third kappa shape index (κ3) is 5.66. The minimum absolute atomic E-state index is 0.131. The van der Waals surface area contributed by atoms with Crippen LogP contribution in [0.25, 0.3) is 0 Å². The van der Waals surface area contributed by atoms with Crippen molar-refractivity contribution in [2.24, 2.45) is 0 Å². The summed E-state index contributed by atoms with van der Waals surface area (Å²) in [6.07, 6.45) is 0. The van der Waals surface area contributed by atoms with Gasteiger partial charge in [0.15, 0.2) is 19.7 Å². The SMILES string of the molecule is CC(NC(C)S(=O)(=O)Cc1ccccc1)S(=O)(=O)Cc1ccccc1. The van der Waals surface area contributed by atoms with Gasteiger partial charge in [-0.05, 0) is 25.0 Å². The van der Waals surface area contributed by atoms with Crippen molar-refractivity contribution in [1.82, 2.24) is 5.32 Å². The van der Waals surface area contributed by atoms with E-state index >= 15 is 0 Å². The molecule has 2 atom stereocenters. The minimum atomic E-state index is -3.52. The molecule has 0 saturated heterocycles. The van der Waals surface area contributed by atoms with E-state index in [4.69, 9.17) is 0 Å². The van der Waals surface area contributed by atoms with Crippen LogP contribution in [0.4, 0.5) is 0 Å². The van der Waals surface area contributed by atoms with E-state index in [1.54, 1.807) is 48.5 Å². The average molecular weight is 382 g/mol. The second kappa shape index (κ2) is 8.12. The monoisotopic (exact) mass is 381 g/mol. The Labute approximate surface area is 149 Å². The van der Waals surface area contributed by atoms with Gasteiger partial charge >= 0.3 is 0 Å². The molecule has 0 amide bonds. The summed E-state index contributed by atoms with van der Waals surface area (Å²) in [6.45, 7) is 2.96. The number of sulfone groups is 2. The number of benzene rings is 2. The van der Waals surface area contributed by atoms with Gasteiger partial charge in [0.25, 0.3) is 0 Å². The van der Waals surface area contributed by atoms with E-state index in [-0.39, 0.29) is 11.5 Å². The van der Waals surface area contributed by atoms with Crippen LogP contribution in [-0.4, -0.2) is 27.6 Å². The van der Waals surface area contributed by atoms with E-state index in [0.29, 0.717) is 11.1 Å². The van der Waals surface area contributed by atoms with Gasteiger partial charge < -0.3 is 0 Å². The molecular weight excluding hydrogens is 358 g/mol. The normalized spacial score (nSPS) is 14.8. The lowest BCUT2D eigenvalue weighted by atomic mass is 10.2. The Hall–Kier alpha value is -1.70. The largest absolute Gasteiger partial charge is 0.286 e. The number of hydrogen-bond acceptors (Lipinski definition) is 5. The Morgan fingerprint density at radius 2 is 1.00 bits per heavy atom. The van der Waals surface area contributed by atoms with E-state index in [0.717, 1.165) is 0 Å². The smallest absolute Gasteiger partial charge is 0.170 e. The molecular formula is C18H23NO4S2. The lowest BCUT2D eigenvalue weighted by Crippen LogP contribution is -2.44. The summed E-state index contributed by atoms with van der Waals surface area (Å²) in [5, 5.41) is 0.796. The standard InChI is InChI=1S/C18H23NO4S2/c1-15(24(20,21)13-17-9-5-3-6-10-17)19-16(2)25(22,23)14-18-11-7-4-8-12-18/h3-12,15-16,19H,13-14H2,1-2H3. The second-order valence-corrected chi connectivity index (χ2v) is 10.7. The summed E-state index contributed by atoms with van der Waals surface area (Å²) in [7, 11) is -7.03. The van der Waals surface area contributed by atoms with Gasteiger partial charge in [-0.25, -0.2) is 16.8 Å².